The summed E-state index contributed by atoms with van der Waals surface area (Å²) in [5, 5.41) is 18.1. The molecular weight excluding hydrogens is 310 g/mol. The van der Waals surface area contributed by atoms with Gasteiger partial charge in [-0.2, -0.15) is 9.61 Å². The fraction of sp³-hybridized carbons (Fsp3) is 0.0769. The van der Waals surface area contributed by atoms with Crippen LogP contribution in [0, 0.1) is 6.92 Å². The molecule has 4 aromatic rings. The second-order valence-corrected chi connectivity index (χ2v) is 5.79. The minimum atomic E-state index is 0.552. The number of hydrogen-bond donors (Lipinski definition) is 0. The Morgan fingerprint density at radius 3 is 2.86 bits per heavy atom. The van der Waals surface area contributed by atoms with Gasteiger partial charge in [0.15, 0.2) is 5.69 Å². The number of benzene rings is 1. The molecule has 0 spiro atoms. The third-order valence-corrected chi connectivity index (χ3v) is 4.21. The normalized spacial score (nSPS) is 11.3. The van der Waals surface area contributed by atoms with E-state index in [1.54, 1.807) is 10.6 Å². The van der Waals surface area contributed by atoms with Crippen LogP contribution < -0.4 is 0 Å². The van der Waals surface area contributed by atoms with Gasteiger partial charge in [0.25, 0.3) is 0 Å². The summed E-state index contributed by atoms with van der Waals surface area (Å²) >= 11 is 7.63. The lowest BCUT2D eigenvalue weighted by atomic mass is 10.2. The summed E-state index contributed by atoms with van der Waals surface area (Å²) in [5.41, 5.74) is 1.48. The van der Waals surface area contributed by atoms with Crippen molar-refractivity contribution in [3.8, 4) is 22.1 Å². The lowest BCUT2D eigenvalue weighted by molar-refractivity contribution is 0.399. The van der Waals surface area contributed by atoms with Gasteiger partial charge < -0.3 is 4.52 Å². The Morgan fingerprint density at radius 1 is 1.24 bits per heavy atom. The van der Waals surface area contributed by atoms with Crippen LogP contribution in [0.15, 0.2) is 34.9 Å². The fourth-order valence-electron chi connectivity index (χ4n) is 1.99. The van der Waals surface area contributed by atoms with Crippen LogP contribution in [0.5, 0.6) is 0 Å². The van der Waals surface area contributed by atoms with Gasteiger partial charge >= 0.3 is 0 Å². The maximum Gasteiger partial charge on any atom is 0.235 e. The van der Waals surface area contributed by atoms with Crippen molar-refractivity contribution in [2.45, 2.75) is 6.92 Å². The average molecular weight is 318 g/mol. The molecule has 0 radical (unpaired) electrons. The number of nitrogens with zero attached hydrogens (tertiary/aromatic N) is 5. The van der Waals surface area contributed by atoms with E-state index in [0.717, 1.165) is 10.6 Å². The molecule has 0 saturated carbocycles. The summed E-state index contributed by atoms with van der Waals surface area (Å²) in [5.74, 6) is 1.26. The maximum absolute atomic E-state index is 6.21. The van der Waals surface area contributed by atoms with Gasteiger partial charge in [0.05, 0.1) is 5.02 Å². The van der Waals surface area contributed by atoms with Crippen molar-refractivity contribution in [3.63, 3.8) is 0 Å². The highest BCUT2D eigenvalue weighted by Gasteiger charge is 2.17. The molecule has 0 fully saturated rings. The predicted molar refractivity (Wildman–Crippen MR) is 79.3 cm³/mol. The standard InChI is InChI=1S/C13H8ClN5OS/c1-7-6-10(18-20-7)11-15-16-13-19(11)17-12(21-13)8-4-2-3-5-9(8)14/h2-6H,1H3. The second-order valence-electron chi connectivity index (χ2n) is 4.43. The number of aromatic nitrogens is 5. The largest absolute Gasteiger partial charge is 0.361 e. The van der Waals surface area contributed by atoms with Gasteiger partial charge in [-0.25, -0.2) is 0 Å². The van der Waals surface area contributed by atoms with Crippen molar-refractivity contribution in [2.24, 2.45) is 0 Å². The van der Waals surface area contributed by atoms with Crippen LogP contribution in [0.2, 0.25) is 5.02 Å². The van der Waals surface area contributed by atoms with Crippen molar-refractivity contribution in [1.29, 1.82) is 0 Å². The number of aryl methyl sites for hydroxylation is 1. The third-order valence-electron chi connectivity index (χ3n) is 2.95. The van der Waals surface area contributed by atoms with Crippen LogP contribution in [0.1, 0.15) is 5.76 Å². The summed E-state index contributed by atoms with van der Waals surface area (Å²) in [6.07, 6.45) is 0. The molecule has 3 aromatic heterocycles. The quantitative estimate of drug-likeness (QED) is 0.566. The van der Waals surface area contributed by atoms with E-state index in [2.05, 4.69) is 20.5 Å². The maximum atomic E-state index is 6.21. The highest BCUT2D eigenvalue weighted by molar-refractivity contribution is 7.19. The lowest BCUT2D eigenvalue weighted by Crippen LogP contribution is -1.91. The Labute approximate surface area is 128 Å². The van der Waals surface area contributed by atoms with Gasteiger partial charge in [-0.05, 0) is 13.0 Å². The molecule has 0 atom stereocenters. The SMILES string of the molecule is Cc1cc(-c2nnc3sc(-c4ccccc4Cl)nn23)no1. The van der Waals surface area contributed by atoms with E-state index in [1.165, 1.54) is 11.3 Å². The van der Waals surface area contributed by atoms with Crippen molar-refractivity contribution < 1.29 is 4.52 Å². The molecule has 0 unspecified atom stereocenters. The first-order valence-corrected chi connectivity index (χ1v) is 7.32. The van der Waals surface area contributed by atoms with Crippen molar-refractivity contribution >= 4 is 27.9 Å². The van der Waals surface area contributed by atoms with Gasteiger partial charge in [-0.1, -0.05) is 46.3 Å². The minimum Gasteiger partial charge on any atom is -0.361 e. The smallest absolute Gasteiger partial charge is 0.235 e. The zero-order valence-corrected chi connectivity index (χ0v) is 12.4. The molecule has 6 nitrogen and oxygen atoms in total. The number of halogens is 1. The molecule has 4 rings (SSSR count). The fourth-order valence-corrected chi connectivity index (χ4v) is 3.15. The van der Waals surface area contributed by atoms with Crippen LogP contribution >= 0.6 is 22.9 Å². The average Bonchev–Trinajstić information content (AvgIpc) is 3.14. The monoisotopic (exact) mass is 317 g/mol. The lowest BCUT2D eigenvalue weighted by Gasteiger charge is -1.97. The molecule has 0 bridgehead atoms. The summed E-state index contributed by atoms with van der Waals surface area (Å²) in [6, 6.07) is 9.36. The van der Waals surface area contributed by atoms with E-state index >= 15 is 0 Å². The van der Waals surface area contributed by atoms with Crippen LogP contribution in [-0.4, -0.2) is 25.0 Å². The molecule has 1 aromatic carbocycles. The Kier molecular flexibility index (Phi) is 2.76. The molecule has 8 heteroatoms. The van der Waals surface area contributed by atoms with Crippen molar-refractivity contribution in [2.75, 3.05) is 0 Å². The topological polar surface area (TPSA) is 69.1 Å². The minimum absolute atomic E-state index is 0.552. The first-order chi connectivity index (χ1) is 10.2. The van der Waals surface area contributed by atoms with Crippen LogP contribution in [0.4, 0.5) is 0 Å². The third kappa shape index (κ3) is 2.01. The molecule has 0 aliphatic rings. The molecule has 3 heterocycles. The van der Waals surface area contributed by atoms with Crippen molar-refractivity contribution in [1.82, 2.24) is 25.0 Å². The molecule has 104 valence electrons. The molecule has 21 heavy (non-hydrogen) atoms. The Hall–Kier alpha value is -2.25. The first kappa shape index (κ1) is 12.5. The zero-order valence-electron chi connectivity index (χ0n) is 10.8. The molecule has 0 aliphatic carbocycles. The van der Waals surface area contributed by atoms with E-state index in [9.17, 15) is 0 Å². The summed E-state index contributed by atoms with van der Waals surface area (Å²) in [7, 11) is 0. The van der Waals surface area contributed by atoms with E-state index in [-0.39, 0.29) is 0 Å². The highest BCUT2D eigenvalue weighted by atomic mass is 35.5. The number of fused-ring (bicyclic) bond motifs is 1. The summed E-state index contributed by atoms with van der Waals surface area (Å²) < 4.78 is 6.72. The van der Waals surface area contributed by atoms with Gasteiger partial charge in [0, 0.05) is 11.6 Å². The van der Waals surface area contributed by atoms with Gasteiger partial charge in [-0.3, -0.25) is 0 Å². The van der Waals surface area contributed by atoms with Gasteiger partial charge in [0.1, 0.15) is 10.8 Å². The Bertz CT molecular complexity index is 941. The van der Waals surface area contributed by atoms with E-state index in [0.29, 0.717) is 27.3 Å². The van der Waals surface area contributed by atoms with E-state index < -0.39 is 0 Å². The van der Waals surface area contributed by atoms with Crippen LogP contribution in [0.3, 0.4) is 0 Å². The molecular formula is C13H8ClN5OS. The molecule has 0 amide bonds. The van der Waals surface area contributed by atoms with Gasteiger partial charge in [-0.15, -0.1) is 10.2 Å². The predicted octanol–water partition coefficient (Wildman–Crippen LogP) is 3.47. The van der Waals surface area contributed by atoms with E-state index in [4.69, 9.17) is 16.1 Å². The molecule has 0 N–H and O–H groups in total. The van der Waals surface area contributed by atoms with E-state index in [1.807, 2.05) is 31.2 Å². The van der Waals surface area contributed by atoms with Crippen LogP contribution in [0.25, 0.3) is 27.1 Å². The number of hydrogen-bond acceptors (Lipinski definition) is 6. The van der Waals surface area contributed by atoms with Crippen LogP contribution in [-0.2, 0) is 0 Å². The number of rotatable bonds is 2. The van der Waals surface area contributed by atoms with Gasteiger partial charge in [0.2, 0.25) is 10.8 Å². The first-order valence-electron chi connectivity index (χ1n) is 6.13. The van der Waals surface area contributed by atoms with Crippen molar-refractivity contribution in [3.05, 3.63) is 41.1 Å². The second kappa shape index (κ2) is 4.64. The molecule has 0 aliphatic heterocycles. The summed E-state index contributed by atoms with van der Waals surface area (Å²) in [6.45, 7) is 1.82. The Morgan fingerprint density at radius 2 is 2.10 bits per heavy atom. The Balaban J connectivity index is 1.88. The summed E-state index contributed by atoms with van der Waals surface area (Å²) in [4.78, 5) is 0.681. The molecule has 0 saturated heterocycles. The zero-order chi connectivity index (χ0) is 14.4. The highest BCUT2D eigenvalue weighted by Crippen LogP contribution is 2.32.